The maximum Gasteiger partial charge on any atom is 0.101 e. The molecule has 0 heterocycles. The van der Waals surface area contributed by atoms with Crippen LogP contribution in [-0.4, -0.2) is 0 Å². The third-order valence-corrected chi connectivity index (χ3v) is 2.89. The molecule has 0 aromatic heterocycles. The second-order valence-electron chi connectivity index (χ2n) is 4.65. The van der Waals surface area contributed by atoms with Crippen LogP contribution in [0.3, 0.4) is 0 Å². The molecule has 1 heteroatoms. The van der Waals surface area contributed by atoms with E-state index in [9.17, 15) is 4.39 Å². The molecule has 0 unspecified atom stereocenters. The summed E-state index contributed by atoms with van der Waals surface area (Å²) in [6, 6.07) is 14.1. The standard InChI is InChI=1S/C17H17F/c1-13(2)7-10-17(18)12-14-8-9-15-5-3-4-6-16(15)11-14/h3-6,8-9,11-12H,1,7,10H2,2H3/b17-12-. The zero-order chi connectivity index (χ0) is 13.0. The van der Waals surface area contributed by atoms with Crippen LogP contribution >= 0.6 is 0 Å². The lowest BCUT2D eigenvalue weighted by Gasteiger charge is -2.01. The molecular weight excluding hydrogens is 223 g/mol. The van der Waals surface area contributed by atoms with E-state index < -0.39 is 0 Å². The minimum Gasteiger partial charge on any atom is -0.212 e. The first kappa shape index (κ1) is 12.6. The second-order valence-corrected chi connectivity index (χ2v) is 4.65. The van der Waals surface area contributed by atoms with Gasteiger partial charge in [0, 0.05) is 6.42 Å². The Balaban J connectivity index is 2.20. The monoisotopic (exact) mass is 240 g/mol. The van der Waals surface area contributed by atoms with E-state index in [2.05, 4.69) is 12.6 Å². The summed E-state index contributed by atoms with van der Waals surface area (Å²) in [5, 5.41) is 2.32. The third kappa shape index (κ3) is 3.30. The summed E-state index contributed by atoms with van der Waals surface area (Å²) >= 11 is 0. The number of hydrogen-bond donors (Lipinski definition) is 0. The fourth-order valence-electron chi connectivity index (χ4n) is 1.88. The van der Waals surface area contributed by atoms with E-state index in [0.29, 0.717) is 12.8 Å². The molecule has 18 heavy (non-hydrogen) atoms. The van der Waals surface area contributed by atoms with Crippen molar-refractivity contribution in [1.82, 2.24) is 0 Å². The molecule has 0 saturated carbocycles. The van der Waals surface area contributed by atoms with Gasteiger partial charge in [-0.25, -0.2) is 4.39 Å². The fourth-order valence-corrected chi connectivity index (χ4v) is 1.88. The van der Waals surface area contributed by atoms with Crippen molar-refractivity contribution in [1.29, 1.82) is 0 Å². The number of fused-ring (bicyclic) bond motifs is 1. The van der Waals surface area contributed by atoms with Gasteiger partial charge in [0.1, 0.15) is 5.83 Å². The van der Waals surface area contributed by atoms with Crippen molar-refractivity contribution in [2.45, 2.75) is 19.8 Å². The van der Waals surface area contributed by atoms with Gasteiger partial charge in [-0.3, -0.25) is 0 Å². The summed E-state index contributed by atoms with van der Waals surface area (Å²) in [6.45, 7) is 5.70. The van der Waals surface area contributed by atoms with E-state index in [1.54, 1.807) is 6.08 Å². The summed E-state index contributed by atoms with van der Waals surface area (Å²) in [7, 11) is 0. The minimum atomic E-state index is -0.0896. The lowest BCUT2D eigenvalue weighted by molar-refractivity contribution is 0.595. The van der Waals surface area contributed by atoms with Gasteiger partial charge in [0.2, 0.25) is 0 Å². The highest BCUT2D eigenvalue weighted by molar-refractivity contribution is 5.84. The van der Waals surface area contributed by atoms with Crippen LogP contribution < -0.4 is 0 Å². The summed E-state index contributed by atoms with van der Waals surface area (Å²) < 4.78 is 13.7. The van der Waals surface area contributed by atoms with Gasteiger partial charge in [0.15, 0.2) is 0 Å². The van der Waals surface area contributed by atoms with Gasteiger partial charge in [-0.2, -0.15) is 0 Å². The fraction of sp³-hybridized carbons (Fsp3) is 0.176. The van der Waals surface area contributed by atoms with E-state index in [4.69, 9.17) is 0 Å². The Hall–Kier alpha value is -1.89. The van der Waals surface area contributed by atoms with Gasteiger partial charge in [0.25, 0.3) is 0 Å². The first-order valence-electron chi connectivity index (χ1n) is 6.14. The van der Waals surface area contributed by atoms with Gasteiger partial charge >= 0.3 is 0 Å². The van der Waals surface area contributed by atoms with Crippen molar-refractivity contribution in [3.63, 3.8) is 0 Å². The Labute approximate surface area is 107 Å². The summed E-state index contributed by atoms with van der Waals surface area (Å²) in [5.41, 5.74) is 1.92. The lowest BCUT2D eigenvalue weighted by atomic mass is 10.1. The largest absolute Gasteiger partial charge is 0.212 e. The van der Waals surface area contributed by atoms with Crippen LogP contribution in [0.2, 0.25) is 0 Å². The molecule has 0 N–H and O–H groups in total. The molecule has 0 aliphatic heterocycles. The normalized spacial score (nSPS) is 11.8. The molecule has 2 rings (SSSR count). The zero-order valence-corrected chi connectivity index (χ0v) is 10.6. The van der Waals surface area contributed by atoms with E-state index >= 15 is 0 Å². The molecule has 0 aliphatic rings. The average Bonchev–Trinajstić information content (AvgIpc) is 2.36. The number of hydrogen-bond acceptors (Lipinski definition) is 0. The Kier molecular flexibility index (Phi) is 3.93. The predicted molar refractivity (Wildman–Crippen MR) is 77.1 cm³/mol. The van der Waals surface area contributed by atoms with Crippen LogP contribution in [0, 0.1) is 0 Å². The second kappa shape index (κ2) is 5.63. The van der Waals surface area contributed by atoms with Crippen molar-refractivity contribution in [3.8, 4) is 0 Å². The molecule has 0 aliphatic carbocycles. The molecule has 0 saturated heterocycles. The highest BCUT2D eigenvalue weighted by atomic mass is 19.1. The predicted octanol–water partition coefficient (Wildman–Crippen LogP) is 5.51. The first-order chi connectivity index (χ1) is 8.65. The molecule has 0 amide bonds. The van der Waals surface area contributed by atoms with Crippen molar-refractivity contribution < 1.29 is 4.39 Å². The van der Waals surface area contributed by atoms with Crippen molar-refractivity contribution in [3.05, 3.63) is 66.0 Å². The van der Waals surface area contributed by atoms with Crippen LogP contribution in [0.5, 0.6) is 0 Å². The van der Waals surface area contributed by atoms with Crippen LogP contribution in [0.1, 0.15) is 25.3 Å². The third-order valence-electron chi connectivity index (χ3n) is 2.89. The smallest absolute Gasteiger partial charge is 0.101 e. The minimum absolute atomic E-state index is 0.0896. The first-order valence-corrected chi connectivity index (χ1v) is 6.14. The van der Waals surface area contributed by atoms with Crippen LogP contribution in [-0.2, 0) is 0 Å². The quantitative estimate of drug-likeness (QED) is 0.618. The molecule has 0 spiro atoms. The number of rotatable bonds is 4. The van der Waals surface area contributed by atoms with E-state index in [-0.39, 0.29) is 5.83 Å². The maximum atomic E-state index is 13.7. The zero-order valence-electron chi connectivity index (χ0n) is 10.6. The Morgan fingerprint density at radius 2 is 1.83 bits per heavy atom. The summed E-state index contributed by atoms with van der Waals surface area (Å²) in [5.74, 6) is -0.0896. The highest BCUT2D eigenvalue weighted by Gasteiger charge is 1.98. The van der Waals surface area contributed by atoms with Crippen molar-refractivity contribution in [2.75, 3.05) is 0 Å². The topological polar surface area (TPSA) is 0 Å². The number of allylic oxidation sites excluding steroid dienone is 2. The molecule has 0 nitrogen and oxygen atoms in total. The molecule has 92 valence electrons. The highest BCUT2D eigenvalue weighted by Crippen LogP contribution is 2.20. The number of benzene rings is 2. The van der Waals surface area contributed by atoms with Gasteiger partial charge in [0.05, 0.1) is 0 Å². The average molecular weight is 240 g/mol. The Bertz CT molecular complexity index is 593. The van der Waals surface area contributed by atoms with Gasteiger partial charge in [-0.1, -0.05) is 42.0 Å². The van der Waals surface area contributed by atoms with Crippen LogP contribution in [0.25, 0.3) is 16.8 Å². The maximum absolute atomic E-state index is 13.7. The molecule has 0 fully saturated rings. The van der Waals surface area contributed by atoms with Crippen LogP contribution in [0.15, 0.2) is 60.4 Å². The SMILES string of the molecule is C=C(C)CC/C(F)=C/c1ccc2ccccc2c1. The van der Waals surface area contributed by atoms with Crippen LogP contribution in [0.4, 0.5) is 4.39 Å². The van der Waals surface area contributed by atoms with E-state index in [1.807, 2.05) is 43.3 Å². The summed E-state index contributed by atoms with van der Waals surface area (Å²) in [6.07, 6.45) is 2.74. The number of halogens is 1. The van der Waals surface area contributed by atoms with Gasteiger partial charge in [-0.05, 0) is 41.8 Å². The lowest BCUT2D eigenvalue weighted by Crippen LogP contribution is -1.80. The molecular formula is C17H17F. The van der Waals surface area contributed by atoms with Crippen molar-refractivity contribution >= 4 is 16.8 Å². The molecule has 0 bridgehead atoms. The summed E-state index contributed by atoms with van der Waals surface area (Å²) in [4.78, 5) is 0. The molecule has 0 radical (unpaired) electrons. The Morgan fingerprint density at radius 3 is 2.56 bits per heavy atom. The van der Waals surface area contributed by atoms with E-state index in [0.717, 1.165) is 16.5 Å². The van der Waals surface area contributed by atoms with E-state index in [1.165, 1.54) is 5.39 Å². The molecule has 2 aromatic carbocycles. The van der Waals surface area contributed by atoms with Crippen molar-refractivity contribution in [2.24, 2.45) is 0 Å². The van der Waals surface area contributed by atoms with Gasteiger partial charge in [-0.15, -0.1) is 6.58 Å². The van der Waals surface area contributed by atoms with Gasteiger partial charge < -0.3 is 0 Å². The molecule has 0 atom stereocenters. The Morgan fingerprint density at radius 1 is 1.11 bits per heavy atom. The molecule has 2 aromatic rings.